The van der Waals surface area contributed by atoms with Crippen LogP contribution in [0.4, 0.5) is 5.69 Å². The van der Waals surface area contributed by atoms with Crippen LogP contribution in [0.1, 0.15) is 22.8 Å². The number of hydrogen-bond donors (Lipinski definition) is 2. The summed E-state index contributed by atoms with van der Waals surface area (Å²) in [4.78, 5) is 11.3. The van der Waals surface area contributed by atoms with Gasteiger partial charge < -0.3 is 5.41 Å². The van der Waals surface area contributed by atoms with Crippen molar-refractivity contribution in [2.75, 3.05) is 0 Å². The van der Waals surface area contributed by atoms with Crippen LogP contribution in [0.5, 0.6) is 0 Å². The molecule has 0 saturated carbocycles. The number of carbonyl (C=O) groups is 1. The van der Waals surface area contributed by atoms with E-state index in [1.165, 1.54) is 13.1 Å². The smallest absolute Gasteiger partial charge is 0.166 e. The Hall–Kier alpha value is -1.81. The summed E-state index contributed by atoms with van der Waals surface area (Å²) < 4.78 is 0. The van der Waals surface area contributed by atoms with E-state index in [0.717, 1.165) is 17.5 Å². The van der Waals surface area contributed by atoms with E-state index in [1.54, 1.807) is 5.43 Å². The molecular formula is C11H14N3O+. The molecule has 0 atom stereocenters. The normalized spacial score (nSPS) is 10.5. The SMILES string of the molecule is CC(=O)c1cc(C)ccc1[NH2+]N=CC=N. The molecule has 0 bridgehead atoms. The number of nitrogens with zero attached hydrogens (tertiary/aromatic N) is 1. The van der Waals surface area contributed by atoms with Gasteiger partial charge in [0.2, 0.25) is 0 Å². The largest absolute Gasteiger partial charge is 0.307 e. The molecule has 3 N–H and O–H groups in total. The standard InChI is InChI=1S/C11H13N3O/c1-8-3-4-11(14-13-6-5-12)10(7-8)9(2)15/h3-7,12,14H,1-2H3/p+1. The molecule has 0 spiro atoms. The van der Waals surface area contributed by atoms with Crippen molar-refractivity contribution in [2.45, 2.75) is 13.8 Å². The van der Waals surface area contributed by atoms with Gasteiger partial charge in [0, 0.05) is 12.3 Å². The number of rotatable bonds is 4. The zero-order valence-corrected chi connectivity index (χ0v) is 8.82. The highest BCUT2D eigenvalue weighted by molar-refractivity contribution is 6.14. The average Bonchev–Trinajstić information content (AvgIpc) is 2.20. The predicted molar refractivity (Wildman–Crippen MR) is 60.0 cm³/mol. The molecule has 15 heavy (non-hydrogen) atoms. The summed E-state index contributed by atoms with van der Waals surface area (Å²) in [5.41, 5.74) is 4.08. The van der Waals surface area contributed by atoms with Crippen molar-refractivity contribution in [1.82, 2.24) is 0 Å². The van der Waals surface area contributed by atoms with Crippen molar-refractivity contribution in [2.24, 2.45) is 5.10 Å². The second-order valence-corrected chi connectivity index (χ2v) is 3.24. The van der Waals surface area contributed by atoms with Gasteiger partial charge >= 0.3 is 0 Å². The first-order chi connectivity index (χ1) is 7.15. The molecule has 78 valence electrons. The van der Waals surface area contributed by atoms with E-state index in [1.807, 2.05) is 25.1 Å². The molecule has 0 fully saturated rings. The van der Waals surface area contributed by atoms with E-state index >= 15 is 0 Å². The fourth-order valence-corrected chi connectivity index (χ4v) is 1.25. The Labute approximate surface area is 88.5 Å². The molecule has 0 heterocycles. The lowest BCUT2D eigenvalue weighted by molar-refractivity contribution is -0.576. The summed E-state index contributed by atoms with van der Waals surface area (Å²) >= 11 is 0. The van der Waals surface area contributed by atoms with Gasteiger partial charge in [0.15, 0.2) is 11.5 Å². The first-order valence-electron chi connectivity index (χ1n) is 4.62. The van der Waals surface area contributed by atoms with Gasteiger partial charge in [-0.2, -0.15) is 5.43 Å². The highest BCUT2D eigenvalue weighted by Crippen LogP contribution is 2.12. The van der Waals surface area contributed by atoms with Crippen LogP contribution in [0.25, 0.3) is 0 Å². The number of ketones is 1. The Balaban J connectivity index is 3.00. The van der Waals surface area contributed by atoms with E-state index in [-0.39, 0.29) is 5.78 Å². The van der Waals surface area contributed by atoms with Gasteiger partial charge in [-0.15, -0.1) is 0 Å². The summed E-state index contributed by atoms with van der Waals surface area (Å²) in [6.45, 7) is 3.48. The number of hydrogen-bond acceptors (Lipinski definition) is 3. The number of quaternary nitrogens is 1. The Morgan fingerprint density at radius 1 is 1.53 bits per heavy atom. The number of benzene rings is 1. The highest BCUT2D eigenvalue weighted by atomic mass is 16.1. The van der Waals surface area contributed by atoms with Gasteiger partial charge in [0.1, 0.15) is 6.21 Å². The molecular weight excluding hydrogens is 190 g/mol. The second-order valence-electron chi connectivity index (χ2n) is 3.24. The molecule has 1 rings (SSSR count). The Morgan fingerprint density at radius 3 is 2.87 bits per heavy atom. The van der Waals surface area contributed by atoms with Crippen LogP contribution in [0.3, 0.4) is 0 Å². The number of aryl methyl sites for hydroxylation is 1. The lowest BCUT2D eigenvalue weighted by Crippen LogP contribution is -2.71. The van der Waals surface area contributed by atoms with E-state index in [4.69, 9.17) is 5.41 Å². The molecule has 0 aromatic heterocycles. The molecule has 1 aromatic rings. The average molecular weight is 204 g/mol. The highest BCUT2D eigenvalue weighted by Gasteiger charge is 2.10. The fourth-order valence-electron chi connectivity index (χ4n) is 1.25. The summed E-state index contributed by atoms with van der Waals surface area (Å²) in [6.07, 6.45) is 2.46. The Bertz CT molecular complexity index is 410. The van der Waals surface area contributed by atoms with Gasteiger partial charge in [-0.1, -0.05) is 11.2 Å². The first-order valence-corrected chi connectivity index (χ1v) is 4.62. The van der Waals surface area contributed by atoms with Crippen LogP contribution in [0.2, 0.25) is 0 Å². The molecule has 0 radical (unpaired) electrons. The number of nitrogens with two attached hydrogens (primary N) is 1. The third-order valence-corrected chi connectivity index (χ3v) is 1.96. The van der Waals surface area contributed by atoms with Crippen molar-refractivity contribution >= 4 is 23.9 Å². The zero-order valence-electron chi connectivity index (χ0n) is 8.82. The summed E-state index contributed by atoms with van der Waals surface area (Å²) in [5.74, 6) is 0.0232. The predicted octanol–water partition coefficient (Wildman–Crippen LogP) is 1.03. The molecule has 0 unspecified atom stereocenters. The summed E-state index contributed by atoms with van der Waals surface area (Å²) in [7, 11) is 0. The molecule has 0 aliphatic rings. The fraction of sp³-hybridized carbons (Fsp3) is 0.182. The third-order valence-electron chi connectivity index (χ3n) is 1.96. The maximum Gasteiger partial charge on any atom is 0.166 e. The van der Waals surface area contributed by atoms with Gasteiger partial charge in [-0.05, 0) is 25.5 Å². The second kappa shape index (κ2) is 5.17. The molecule has 0 aliphatic heterocycles. The van der Waals surface area contributed by atoms with Gasteiger partial charge in [0.05, 0.1) is 5.56 Å². The van der Waals surface area contributed by atoms with Gasteiger partial charge in [-0.3, -0.25) is 4.79 Å². The molecule has 0 aliphatic carbocycles. The maximum absolute atomic E-state index is 11.3. The Kier molecular flexibility index (Phi) is 3.88. The van der Waals surface area contributed by atoms with Crippen LogP contribution in [0.15, 0.2) is 23.3 Å². The number of nitrogens with one attached hydrogen (secondary N) is 1. The minimum absolute atomic E-state index is 0.0232. The summed E-state index contributed by atoms with van der Waals surface area (Å²) in [6, 6.07) is 5.62. The van der Waals surface area contributed by atoms with Crippen molar-refractivity contribution in [3.63, 3.8) is 0 Å². The third kappa shape index (κ3) is 3.11. The lowest BCUT2D eigenvalue weighted by atomic mass is 10.1. The van der Waals surface area contributed by atoms with Crippen LogP contribution < -0.4 is 5.43 Å². The van der Waals surface area contributed by atoms with Crippen molar-refractivity contribution in [1.29, 1.82) is 5.41 Å². The topological polar surface area (TPSA) is 69.9 Å². The lowest BCUT2D eigenvalue weighted by Gasteiger charge is -2.01. The minimum atomic E-state index is 0.0232. The van der Waals surface area contributed by atoms with Crippen molar-refractivity contribution in [3.05, 3.63) is 29.3 Å². The van der Waals surface area contributed by atoms with E-state index in [2.05, 4.69) is 5.10 Å². The molecule has 0 saturated heterocycles. The van der Waals surface area contributed by atoms with Crippen LogP contribution in [0, 0.1) is 12.3 Å². The van der Waals surface area contributed by atoms with Gasteiger partial charge in [0.25, 0.3) is 0 Å². The van der Waals surface area contributed by atoms with Crippen LogP contribution in [-0.2, 0) is 0 Å². The quantitative estimate of drug-likeness (QED) is 0.248. The number of carbonyl (C=O) groups excluding carboxylic acids is 1. The minimum Gasteiger partial charge on any atom is -0.307 e. The Morgan fingerprint density at radius 2 is 2.27 bits per heavy atom. The monoisotopic (exact) mass is 204 g/mol. The van der Waals surface area contributed by atoms with Crippen LogP contribution in [-0.4, -0.2) is 18.2 Å². The molecule has 4 nitrogen and oxygen atoms in total. The first kappa shape index (κ1) is 11.3. The summed E-state index contributed by atoms with van der Waals surface area (Å²) in [5, 5.41) is 10.7. The number of Topliss-reactive ketones (excluding diaryl/α,β-unsaturated/α-hetero) is 1. The molecule has 0 amide bonds. The molecule has 1 aromatic carbocycles. The zero-order chi connectivity index (χ0) is 11.3. The molecule has 4 heteroatoms. The van der Waals surface area contributed by atoms with E-state index < -0.39 is 0 Å². The maximum atomic E-state index is 11.3. The van der Waals surface area contributed by atoms with Crippen molar-refractivity contribution < 1.29 is 10.2 Å². The van der Waals surface area contributed by atoms with Crippen molar-refractivity contribution in [3.8, 4) is 0 Å². The van der Waals surface area contributed by atoms with Gasteiger partial charge in [-0.25, -0.2) is 0 Å². The van der Waals surface area contributed by atoms with E-state index in [0.29, 0.717) is 5.56 Å². The van der Waals surface area contributed by atoms with E-state index in [9.17, 15) is 4.79 Å². The van der Waals surface area contributed by atoms with Crippen LogP contribution >= 0.6 is 0 Å².